The third kappa shape index (κ3) is 36.2. The van der Waals surface area contributed by atoms with E-state index in [-0.39, 0.29) is 36.2 Å². The fraction of sp³-hybridized carbons (Fsp3) is 0.646. The van der Waals surface area contributed by atoms with Crippen molar-refractivity contribution >= 4 is 17.9 Å². The predicted octanol–water partition coefficient (Wildman–Crippen LogP) is 11.7. The normalized spacial score (nSPS) is 13.8. The van der Waals surface area contributed by atoms with Crippen LogP contribution in [0.1, 0.15) is 149 Å². The number of carboxylic acids is 1. The minimum absolute atomic E-state index is 0.0410. The lowest BCUT2D eigenvalue weighted by Gasteiger charge is -2.31. The highest BCUT2D eigenvalue weighted by Gasteiger charge is 2.31. The van der Waals surface area contributed by atoms with Gasteiger partial charge in [0.15, 0.2) is 12.1 Å². The lowest BCUT2D eigenvalue weighted by Crippen LogP contribution is -2.50. The smallest absolute Gasteiger partial charge is 0.362 e. The van der Waals surface area contributed by atoms with Crippen molar-refractivity contribution in [2.45, 2.75) is 161 Å². The fourth-order valence-corrected chi connectivity index (χ4v) is 5.82. The monoisotopic (exact) mass is 783 g/mol. The van der Waals surface area contributed by atoms with Crippen LogP contribution in [-0.2, 0) is 28.6 Å². The van der Waals surface area contributed by atoms with Gasteiger partial charge >= 0.3 is 17.9 Å². The summed E-state index contributed by atoms with van der Waals surface area (Å²) < 4.78 is 17.2. The Balaban J connectivity index is 4.40. The Kier molecular flexibility index (Phi) is 36.0. The molecule has 0 aromatic rings. The van der Waals surface area contributed by atoms with Crippen LogP contribution in [0.15, 0.2) is 85.1 Å². The number of nitrogens with zero attached hydrogens (tertiary/aromatic N) is 1. The molecule has 0 amide bonds. The average molecular weight is 783 g/mol. The number of allylic oxidation sites excluding steroid dienone is 14. The SMILES string of the molecule is CC/C=C/C=C/C=C/C=C/CCCCCC(=O)OCC(COCCC(C(=O)O)[N+](C)(C)C)OC(=O)CCCCCCCCCCC/C=C/C/C=C/C/C=C/CC. The van der Waals surface area contributed by atoms with E-state index in [1.54, 1.807) is 0 Å². The molecule has 56 heavy (non-hydrogen) atoms. The first-order valence-corrected chi connectivity index (χ1v) is 21.7. The lowest BCUT2D eigenvalue weighted by atomic mass is 10.1. The van der Waals surface area contributed by atoms with Gasteiger partial charge in [-0.15, -0.1) is 0 Å². The van der Waals surface area contributed by atoms with E-state index in [0.29, 0.717) is 19.3 Å². The quantitative estimate of drug-likeness (QED) is 0.0220. The summed E-state index contributed by atoms with van der Waals surface area (Å²) in [7, 11) is 5.50. The van der Waals surface area contributed by atoms with Gasteiger partial charge in [-0.3, -0.25) is 9.59 Å². The van der Waals surface area contributed by atoms with E-state index in [9.17, 15) is 19.5 Å². The van der Waals surface area contributed by atoms with E-state index in [4.69, 9.17) is 14.2 Å². The first-order chi connectivity index (χ1) is 27.1. The molecule has 2 unspecified atom stereocenters. The molecule has 0 bridgehead atoms. The van der Waals surface area contributed by atoms with Crippen LogP contribution in [0.3, 0.4) is 0 Å². The van der Waals surface area contributed by atoms with Gasteiger partial charge in [0, 0.05) is 19.3 Å². The lowest BCUT2D eigenvalue weighted by molar-refractivity contribution is -0.887. The van der Waals surface area contributed by atoms with Crippen molar-refractivity contribution in [3.8, 4) is 0 Å². The Hall–Kier alpha value is -3.49. The summed E-state index contributed by atoms with van der Waals surface area (Å²) in [5, 5.41) is 9.61. The van der Waals surface area contributed by atoms with Crippen molar-refractivity contribution < 1.29 is 38.2 Å². The minimum Gasteiger partial charge on any atom is -0.477 e. The third-order valence-electron chi connectivity index (χ3n) is 9.13. The summed E-state index contributed by atoms with van der Waals surface area (Å²) in [6.45, 7) is 4.42. The second-order valence-corrected chi connectivity index (χ2v) is 15.3. The minimum atomic E-state index is -0.886. The zero-order chi connectivity index (χ0) is 41.4. The second kappa shape index (κ2) is 38.4. The number of quaternary nitrogens is 1. The van der Waals surface area contributed by atoms with Gasteiger partial charge in [-0.25, -0.2) is 4.79 Å². The van der Waals surface area contributed by atoms with Crippen molar-refractivity contribution in [1.82, 2.24) is 0 Å². The van der Waals surface area contributed by atoms with Crippen LogP contribution in [0.2, 0.25) is 0 Å². The maximum absolute atomic E-state index is 12.7. The van der Waals surface area contributed by atoms with Gasteiger partial charge in [0.2, 0.25) is 0 Å². The topological polar surface area (TPSA) is 99.1 Å². The number of carbonyl (C=O) groups is 3. The van der Waals surface area contributed by atoms with E-state index < -0.39 is 18.1 Å². The van der Waals surface area contributed by atoms with Crippen molar-refractivity contribution in [3.05, 3.63) is 85.1 Å². The molecule has 0 aromatic carbocycles. The maximum atomic E-state index is 12.7. The highest BCUT2D eigenvalue weighted by molar-refractivity contribution is 5.72. The number of esters is 2. The van der Waals surface area contributed by atoms with Gasteiger partial charge in [0.1, 0.15) is 6.61 Å². The van der Waals surface area contributed by atoms with Gasteiger partial charge in [0.25, 0.3) is 0 Å². The van der Waals surface area contributed by atoms with Gasteiger partial charge in [0.05, 0.1) is 34.4 Å². The molecule has 1 N–H and O–H groups in total. The fourth-order valence-electron chi connectivity index (χ4n) is 5.82. The van der Waals surface area contributed by atoms with Crippen LogP contribution < -0.4 is 0 Å². The van der Waals surface area contributed by atoms with Crippen LogP contribution in [0.5, 0.6) is 0 Å². The zero-order valence-electron chi connectivity index (χ0n) is 36.1. The van der Waals surface area contributed by atoms with Crippen LogP contribution in [0.25, 0.3) is 0 Å². The number of carboxylic acid groups (broad SMARTS) is 1. The summed E-state index contributed by atoms with van der Waals surface area (Å²) in [4.78, 5) is 36.9. The maximum Gasteiger partial charge on any atom is 0.362 e. The Labute approximate surface area is 342 Å². The largest absolute Gasteiger partial charge is 0.477 e. The molecule has 0 aliphatic heterocycles. The van der Waals surface area contributed by atoms with Crippen molar-refractivity contribution in [2.24, 2.45) is 0 Å². The molecule has 0 rings (SSSR count). The number of hydrogen-bond donors (Lipinski definition) is 1. The number of ether oxygens (including phenoxy) is 3. The molecule has 318 valence electrons. The summed E-state index contributed by atoms with van der Waals surface area (Å²) in [5.41, 5.74) is 0. The summed E-state index contributed by atoms with van der Waals surface area (Å²) in [5.74, 6) is -1.54. The van der Waals surface area contributed by atoms with Crippen LogP contribution in [0.4, 0.5) is 0 Å². The molecule has 0 saturated carbocycles. The highest BCUT2D eigenvalue weighted by atomic mass is 16.6. The van der Waals surface area contributed by atoms with E-state index in [1.807, 2.05) is 57.6 Å². The first-order valence-electron chi connectivity index (χ1n) is 21.7. The van der Waals surface area contributed by atoms with E-state index in [0.717, 1.165) is 77.0 Å². The van der Waals surface area contributed by atoms with Gasteiger partial charge in [-0.2, -0.15) is 0 Å². The summed E-state index contributed by atoms with van der Waals surface area (Å²) in [6, 6.07) is -0.626. The molecule has 8 heteroatoms. The molecule has 0 aromatic heterocycles. The van der Waals surface area contributed by atoms with Crippen LogP contribution in [0, 0.1) is 0 Å². The molecule has 2 atom stereocenters. The molecule has 0 aliphatic rings. The van der Waals surface area contributed by atoms with E-state index in [1.165, 1.54) is 38.5 Å². The number of carbonyl (C=O) groups excluding carboxylic acids is 2. The average Bonchev–Trinajstić information content (AvgIpc) is 3.15. The predicted molar refractivity (Wildman–Crippen MR) is 233 cm³/mol. The van der Waals surface area contributed by atoms with Gasteiger partial charge < -0.3 is 23.8 Å². The third-order valence-corrected chi connectivity index (χ3v) is 9.13. The van der Waals surface area contributed by atoms with Gasteiger partial charge in [-0.05, 0) is 64.2 Å². The molecule has 0 fully saturated rings. The molecular formula is C48H80NO7+. The first kappa shape index (κ1) is 52.5. The number of rotatable bonds is 37. The molecule has 0 aliphatic carbocycles. The van der Waals surface area contributed by atoms with Gasteiger partial charge in [-0.1, -0.05) is 150 Å². The van der Waals surface area contributed by atoms with Crippen LogP contribution >= 0.6 is 0 Å². The number of likely N-dealkylation sites (N-methyl/N-ethyl adjacent to an activating group) is 1. The van der Waals surface area contributed by atoms with Crippen molar-refractivity contribution in [1.29, 1.82) is 0 Å². The number of hydrogen-bond acceptors (Lipinski definition) is 6. The number of unbranched alkanes of at least 4 members (excludes halogenated alkanes) is 12. The standard InChI is InChI=1S/C48H79NO7/c1-6-8-10-12-14-16-18-20-21-22-23-24-25-27-29-31-33-35-37-39-47(51)56-44(42-54-41-40-45(48(52)53)49(3,4)5)43-55-46(50)38-36-34-32-30-28-26-19-17-15-13-11-9-7-2/h8-11,13-17,19-21,26,28,44-45H,6-7,12,18,22-25,27,29-43H2,1-5H3/p+1/b10-8+,11-9+,15-13+,16-14+,19-17+,21-20+,28-26+. The van der Waals surface area contributed by atoms with Crippen molar-refractivity contribution in [3.63, 3.8) is 0 Å². The Morgan fingerprint density at radius 3 is 1.62 bits per heavy atom. The molecule has 0 saturated heterocycles. The molecule has 0 heterocycles. The van der Waals surface area contributed by atoms with E-state index in [2.05, 4.69) is 62.5 Å². The highest BCUT2D eigenvalue weighted by Crippen LogP contribution is 2.14. The van der Waals surface area contributed by atoms with Crippen molar-refractivity contribution in [2.75, 3.05) is 41.0 Å². The molecule has 8 nitrogen and oxygen atoms in total. The molecule has 0 spiro atoms. The second-order valence-electron chi connectivity index (χ2n) is 15.3. The molecular weight excluding hydrogens is 703 g/mol. The molecule has 0 radical (unpaired) electrons. The Bertz CT molecular complexity index is 1190. The van der Waals surface area contributed by atoms with E-state index >= 15 is 0 Å². The summed E-state index contributed by atoms with van der Waals surface area (Å²) in [6.07, 6.45) is 49.1. The Morgan fingerprint density at radius 2 is 1.04 bits per heavy atom. The Morgan fingerprint density at radius 1 is 0.554 bits per heavy atom. The zero-order valence-corrected chi connectivity index (χ0v) is 36.1. The summed E-state index contributed by atoms with van der Waals surface area (Å²) >= 11 is 0. The van der Waals surface area contributed by atoms with Crippen LogP contribution in [-0.4, -0.2) is 80.6 Å². The number of aliphatic carboxylic acids is 1.